The summed E-state index contributed by atoms with van der Waals surface area (Å²) in [6.45, 7) is 0. The molecule has 0 saturated carbocycles. The number of rotatable bonds is 7. The molecular weight excluding hydrogens is 389 g/mol. The van der Waals surface area contributed by atoms with Crippen molar-refractivity contribution in [3.05, 3.63) is 127 Å². The Kier molecular flexibility index (Phi) is 6.20. The first kappa shape index (κ1) is 20.2. The monoisotopic (exact) mass is 413 g/mol. The zero-order chi connectivity index (χ0) is 20.8. The van der Waals surface area contributed by atoms with Gasteiger partial charge in [0, 0.05) is 29.0 Å². The maximum Gasteiger partial charge on any atom is 0.205 e. The minimum absolute atomic E-state index is 0.361. The predicted molar refractivity (Wildman–Crippen MR) is 123 cm³/mol. The third kappa shape index (κ3) is 4.27. The molecule has 0 fully saturated rings. The van der Waals surface area contributed by atoms with Gasteiger partial charge in [0.1, 0.15) is 0 Å². The molecule has 0 spiro atoms. The number of nitrogens with two attached hydrogens (primary N) is 1. The summed E-state index contributed by atoms with van der Waals surface area (Å²) in [5.41, 5.74) is 8.63. The highest BCUT2D eigenvalue weighted by Gasteiger charge is 2.33. The van der Waals surface area contributed by atoms with E-state index >= 15 is 0 Å². The lowest BCUT2D eigenvalue weighted by atomic mass is 9.96. The maximum absolute atomic E-state index is 14.6. The third-order valence-corrected chi connectivity index (χ3v) is 7.86. The standard InChI is InChI=1S/C25H24N3OP/c26-24(20-16-18-27-19-17-20)25(21-10-4-1-5-11-21)28-30(29,22-12-6-2-7-13-22)23-14-8-3-9-15-23/h1-19,24-25H,26H2,(H,28,29)/t24-,25+/m0/s1. The van der Waals surface area contributed by atoms with Crippen LogP contribution in [0.2, 0.25) is 0 Å². The molecule has 0 aliphatic heterocycles. The molecule has 2 atom stereocenters. The van der Waals surface area contributed by atoms with E-state index in [4.69, 9.17) is 5.73 Å². The fourth-order valence-electron chi connectivity index (χ4n) is 3.57. The second-order valence-electron chi connectivity index (χ2n) is 7.10. The van der Waals surface area contributed by atoms with Crippen molar-refractivity contribution in [3.63, 3.8) is 0 Å². The van der Waals surface area contributed by atoms with E-state index in [0.29, 0.717) is 0 Å². The molecule has 1 heterocycles. The Hall–Kier alpha value is -3.04. The van der Waals surface area contributed by atoms with Crippen LogP contribution in [0.5, 0.6) is 0 Å². The van der Waals surface area contributed by atoms with Crippen LogP contribution in [0, 0.1) is 0 Å². The van der Waals surface area contributed by atoms with Crippen molar-refractivity contribution in [1.82, 2.24) is 10.1 Å². The molecule has 0 aliphatic rings. The zero-order valence-electron chi connectivity index (χ0n) is 16.5. The van der Waals surface area contributed by atoms with E-state index in [1.54, 1.807) is 12.4 Å². The Morgan fingerprint density at radius 1 is 0.667 bits per heavy atom. The van der Waals surface area contributed by atoms with E-state index in [2.05, 4.69) is 10.1 Å². The van der Waals surface area contributed by atoms with E-state index in [9.17, 15) is 4.57 Å². The van der Waals surface area contributed by atoms with Crippen molar-refractivity contribution in [3.8, 4) is 0 Å². The fraction of sp³-hybridized carbons (Fsp3) is 0.0800. The van der Waals surface area contributed by atoms with Gasteiger partial charge in [0.2, 0.25) is 7.29 Å². The molecule has 0 saturated heterocycles. The van der Waals surface area contributed by atoms with E-state index in [0.717, 1.165) is 21.7 Å². The Bertz CT molecular complexity index is 1060. The third-order valence-electron chi connectivity index (χ3n) is 5.17. The highest BCUT2D eigenvalue weighted by Crippen LogP contribution is 2.44. The summed E-state index contributed by atoms with van der Waals surface area (Å²) in [5.74, 6) is 0. The lowest BCUT2D eigenvalue weighted by molar-refractivity contribution is 0.511. The maximum atomic E-state index is 14.6. The first-order valence-electron chi connectivity index (χ1n) is 9.88. The lowest BCUT2D eigenvalue weighted by Crippen LogP contribution is -2.36. The molecule has 0 aliphatic carbocycles. The number of benzene rings is 3. The summed E-state index contributed by atoms with van der Waals surface area (Å²) in [7, 11) is -3.17. The summed E-state index contributed by atoms with van der Waals surface area (Å²) in [5, 5.41) is 4.99. The number of nitrogens with zero attached hydrogens (tertiary/aromatic N) is 1. The molecule has 0 bridgehead atoms. The Morgan fingerprint density at radius 3 is 1.63 bits per heavy atom. The SMILES string of the molecule is N[C@@H](c1ccncc1)[C@H](NP(=O)(c1ccccc1)c1ccccc1)c1ccccc1. The second kappa shape index (κ2) is 9.19. The summed E-state index contributed by atoms with van der Waals surface area (Å²) < 4.78 is 14.6. The number of hydrogen-bond donors (Lipinski definition) is 2. The van der Waals surface area contributed by atoms with Crippen molar-refractivity contribution in [2.75, 3.05) is 0 Å². The van der Waals surface area contributed by atoms with Crippen molar-refractivity contribution in [1.29, 1.82) is 0 Å². The highest BCUT2D eigenvalue weighted by molar-refractivity contribution is 7.76. The molecule has 3 aromatic carbocycles. The van der Waals surface area contributed by atoms with Gasteiger partial charge in [0.15, 0.2) is 0 Å². The zero-order valence-corrected chi connectivity index (χ0v) is 17.4. The van der Waals surface area contributed by atoms with Crippen LogP contribution < -0.4 is 21.4 Å². The van der Waals surface area contributed by atoms with Crippen LogP contribution in [0.3, 0.4) is 0 Å². The summed E-state index contributed by atoms with van der Waals surface area (Å²) in [6, 6.07) is 32.1. The molecule has 0 amide bonds. The van der Waals surface area contributed by atoms with Gasteiger partial charge in [-0.25, -0.2) is 0 Å². The molecule has 0 unspecified atom stereocenters. The van der Waals surface area contributed by atoms with Gasteiger partial charge in [-0.05, 0) is 47.5 Å². The quantitative estimate of drug-likeness (QED) is 0.442. The largest absolute Gasteiger partial charge is 0.322 e. The number of pyridine rings is 1. The van der Waals surface area contributed by atoms with Gasteiger partial charge in [-0.3, -0.25) is 14.6 Å². The Morgan fingerprint density at radius 2 is 1.13 bits per heavy atom. The van der Waals surface area contributed by atoms with Gasteiger partial charge in [-0.1, -0.05) is 66.7 Å². The average molecular weight is 413 g/mol. The lowest BCUT2D eigenvalue weighted by Gasteiger charge is -2.31. The van der Waals surface area contributed by atoms with Crippen LogP contribution in [0.25, 0.3) is 0 Å². The van der Waals surface area contributed by atoms with Gasteiger partial charge in [-0.15, -0.1) is 0 Å². The van der Waals surface area contributed by atoms with Crippen molar-refractivity contribution >= 4 is 17.9 Å². The molecule has 4 rings (SSSR count). The van der Waals surface area contributed by atoms with Crippen LogP contribution in [-0.2, 0) is 4.57 Å². The summed E-state index contributed by atoms with van der Waals surface area (Å²) in [6.07, 6.45) is 3.45. The first-order chi connectivity index (χ1) is 14.7. The topological polar surface area (TPSA) is 68.0 Å². The number of hydrogen-bond acceptors (Lipinski definition) is 3. The van der Waals surface area contributed by atoms with E-state index in [-0.39, 0.29) is 6.04 Å². The fourth-order valence-corrected chi connectivity index (χ4v) is 6.05. The van der Waals surface area contributed by atoms with Gasteiger partial charge in [-0.2, -0.15) is 0 Å². The van der Waals surface area contributed by atoms with Crippen LogP contribution >= 0.6 is 7.29 Å². The average Bonchev–Trinajstić information content (AvgIpc) is 2.84. The second-order valence-corrected chi connectivity index (χ2v) is 9.61. The molecule has 5 heteroatoms. The van der Waals surface area contributed by atoms with Crippen molar-refractivity contribution in [2.24, 2.45) is 5.73 Å². The van der Waals surface area contributed by atoms with Gasteiger partial charge in [0.25, 0.3) is 0 Å². The minimum Gasteiger partial charge on any atom is -0.322 e. The number of nitrogens with one attached hydrogen (secondary N) is 1. The van der Waals surface area contributed by atoms with E-state index < -0.39 is 13.3 Å². The molecule has 30 heavy (non-hydrogen) atoms. The van der Waals surface area contributed by atoms with Gasteiger partial charge < -0.3 is 5.73 Å². The Balaban J connectivity index is 1.82. The van der Waals surface area contributed by atoms with Crippen LogP contribution in [-0.4, -0.2) is 4.98 Å². The Labute approximate surface area is 177 Å². The molecule has 1 aromatic heterocycles. The first-order valence-corrected chi connectivity index (χ1v) is 11.6. The van der Waals surface area contributed by atoms with Gasteiger partial charge >= 0.3 is 0 Å². The normalized spacial score (nSPS) is 13.5. The van der Waals surface area contributed by atoms with Crippen molar-refractivity contribution in [2.45, 2.75) is 12.1 Å². The van der Waals surface area contributed by atoms with Crippen molar-refractivity contribution < 1.29 is 4.57 Å². The molecule has 150 valence electrons. The van der Waals surface area contributed by atoms with Crippen LogP contribution in [0.4, 0.5) is 0 Å². The van der Waals surface area contributed by atoms with E-state index in [1.807, 2.05) is 103 Å². The summed E-state index contributed by atoms with van der Waals surface area (Å²) >= 11 is 0. The molecule has 3 N–H and O–H groups in total. The minimum atomic E-state index is -3.17. The van der Waals surface area contributed by atoms with Gasteiger partial charge in [0.05, 0.1) is 6.04 Å². The molecule has 4 nitrogen and oxygen atoms in total. The summed E-state index contributed by atoms with van der Waals surface area (Å²) in [4.78, 5) is 4.10. The molecular formula is C25H24N3OP. The van der Waals surface area contributed by atoms with Crippen LogP contribution in [0.15, 0.2) is 116 Å². The number of aromatic nitrogens is 1. The molecule has 4 aromatic rings. The highest BCUT2D eigenvalue weighted by atomic mass is 31.2. The van der Waals surface area contributed by atoms with Crippen LogP contribution in [0.1, 0.15) is 23.2 Å². The van der Waals surface area contributed by atoms with E-state index in [1.165, 1.54) is 0 Å². The predicted octanol–water partition coefficient (Wildman–Crippen LogP) is 4.34. The smallest absolute Gasteiger partial charge is 0.205 e. The molecule has 0 radical (unpaired) electrons.